The van der Waals surface area contributed by atoms with E-state index in [1.54, 1.807) is 4.90 Å². The van der Waals surface area contributed by atoms with Crippen molar-refractivity contribution in [1.82, 2.24) is 10.2 Å². The molecular weight excluding hydrogens is 196 g/mol. The number of rotatable bonds is 4. The fraction of sp³-hybridized carbons (Fsp3) is 0.900. The van der Waals surface area contributed by atoms with Gasteiger partial charge < -0.3 is 20.1 Å². The maximum Gasteiger partial charge on any atom is 0.236 e. The predicted octanol–water partition coefficient (Wildman–Crippen LogP) is -0.796. The van der Waals surface area contributed by atoms with Crippen LogP contribution in [0.1, 0.15) is 13.8 Å². The Bertz CT molecular complexity index is 211. The van der Waals surface area contributed by atoms with Crippen molar-refractivity contribution in [2.75, 3.05) is 32.8 Å². The molecule has 1 fully saturated rings. The molecule has 2 atom stereocenters. The average molecular weight is 216 g/mol. The minimum absolute atomic E-state index is 0.0301. The van der Waals surface area contributed by atoms with E-state index in [1.165, 1.54) is 0 Å². The van der Waals surface area contributed by atoms with Crippen molar-refractivity contribution in [2.24, 2.45) is 0 Å². The Labute approximate surface area is 90.4 Å². The molecule has 1 aliphatic rings. The van der Waals surface area contributed by atoms with Crippen LogP contribution in [-0.2, 0) is 9.53 Å². The molecule has 0 aromatic heterocycles. The molecule has 88 valence electrons. The number of morpholine rings is 1. The first kappa shape index (κ1) is 12.4. The van der Waals surface area contributed by atoms with Crippen molar-refractivity contribution in [2.45, 2.75) is 26.0 Å². The van der Waals surface area contributed by atoms with Crippen LogP contribution in [0.4, 0.5) is 0 Å². The summed E-state index contributed by atoms with van der Waals surface area (Å²) in [5, 5.41) is 12.0. The molecule has 0 aromatic carbocycles. The highest BCUT2D eigenvalue weighted by atomic mass is 16.5. The molecule has 5 nitrogen and oxygen atoms in total. The van der Waals surface area contributed by atoms with Gasteiger partial charge in [-0.2, -0.15) is 0 Å². The molecular formula is C10H20N2O3. The number of carbonyl (C=O) groups is 1. The largest absolute Gasteiger partial charge is 0.394 e. The van der Waals surface area contributed by atoms with Crippen LogP contribution < -0.4 is 5.32 Å². The van der Waals surface area contributed by atoms with Gasteiger partial charge in [0.25, 0.3) is 0 Å². The average Bonchev–Trinajstić information content (AvgIpc) is 2.26. The summed E-state index contributed by atoms with van der Waals surface area (Å²) in [6.45, 7) is 6.03. The quantitative estimate of drug-likeness (QED) is 0.646. The molecule has 1 saturated heterocycles. The lowest BCUT2D eigenvalue weighted by Gasteiger charge is -2.37. The molecule has 0 saturated carbocycles. The zero-order valence-electron chi connectivity index (χ0n) is 9.40. The second-order valence-corrected chi connectivity index (χ2v) is 3.81. The number of hydrogen-bond donors (Lipinski definition) is 2. The summed E-state index contributed by atoms with van der Waals surface area (Å²) in [4.78, 5) is 13.5. The molecule has 1 rings (SSSR count). The van der Waals surface area contributed by atoms with E-state index >= 15 is 0 Å². The van der Waals surface area contributed by atoms with E-state index in [4.69, 9.17) is 9.84 Å². The standard InChI is InChI=1S/C10H20N2O3/c1-3-11-4-10(14)12-5-9(6-13)15-7-8(12)2/h8-9,11,13H,3-7H2,1-2H3. The minimum atomic E-state index is -0.230. The normalized spacial score (nSPS) is 26.7. The minimum Gasteiger partial charge on any atom is -0.394 e. The number of carbonyl (C=O) groups excluding carboxylic acids is 1. The zero-order chi connectivity index (χ0) is 11.3. The number of ether oxygens (including phenoxy) is 1. The molecule has 0 bridgehead atoms. The van der Waals surface area contributed by atoms with Crippen LogP contribution in [0.5, 0.6) is 0 Å². The highest BCUT2D eigenvalue weighted by molar-refractivity contribution is 5.78. The van der Waals surface area contributed by atoms with Crippen LogP contribution in [0.2, 0.25) is 0 Å². The van der Waals surface area contributed by atoms with Crippen molar-refractivity contribution in [3.8, 4) is 0 Å². The molecule has 2 N–H and O–H groups in total. The molecule has 5 heteroatoms. The Morgan fingerprint density at radius 1 is 1.67 bits per heavy atom. The number of amides is 1. The number of likely N-dealkylation sites (N-methyl/N-ethyl adjacent to an activating group) is 1. The lowest BCUT2D eigenvalue weighted by molar-refractivity contribution is -0.145. The summed E-state index contributed by atoms with van der Waals surface area (Å²) in [6, 6.07) is 0.0963. The monoisotopic (exact) mass is 216 g/mol. The summed E-state index contributed by atoms with van der Waals surface area (Å²) in [5.74, 6) is 0.0751. The van der Waals surface area contributed by atoms with Crippen LogP contribution in [0.3, 0.4) is 0 Å². The molecule has 15 heavy (non-hydrogen) atoms. The fourth-order valence-electron chi connectivity index (χ4n) is 1.61. The molecule has 0 radical (unpaired) electrons. The van der Waals surface area contributed by atoms with Crippen LogP contribution in [0.15, 0.2) is 0 Å². The zero-order valence-corrected chi connectivity index (χ0v) is 9.40. The number of nitrogens with zero attached hydrogens (tertiary/aromatic N) is 1. The first-order valence-corrected chi connectivity index (χ1v) is 5.41. The lowest BCUT2D eigenvalue weighted by atomic mass is 10.2. The molecule has 0 aliphatic carbocycles. The Kier molecular flexibility index (Phi) is 5.01. The van der Waals surface area contributed by atoms with Gasteiger partial charge in [-0.05, 0) is 13.5 Å². The number of aliphatic hydroxyl groups excluding tert-OH is 1. The number of aliphatic hydroxyl groups is 1. The van der Waals surface area contributed by atoms with Gasteiger partial charge in [0.05, 0.1) is 31.9 Å². The van der Waals surface area contributed by atoms with E-state index in [1.807, 2.05) is 13.8 Å². The van der Waals surface area contributed by atoms with Gasteiger partial charge in [0.1, 0.15) is 0 Å². The second-order valence-electron chi connectivity index (χ2n) is 3.81. The Morgan fingerprint density at radius 3 is 3.00 bits per heavy atom. The van der Waals surface area contributed by atoms with Crippen LogP contribution in [0.25, 0.3) is 0 Å². The molecule has 1 amide bonds. The van der Waals surface area contributed by atoms with Crippen LogP contribution in [-0.4, -0.2) is 60.9 Å². The van der Waals surface area contributed by atoms with Gasteiger partial charge in [-0.3, -0.25) is 4.79 Å². The third kappa shape index (κ3) is 3.44. The number of nitrogens with one attached hydrogen (secondary N) is 1. The van der Waals surface area contributed by atoms with Crippen molar-refractivity contribution in [3.63, 3.8) is 0 Å². The first-order valence-electron chi connectivity index (χ1n) is 5.41. The molecule has 1 aliphatic heterocycles. The Morgan fingerprint density at radius 2 is 2.40 bits per heavy atom. The second kappa shape index (κ2) is 6.05. The van der Waals surface area contributed by atoms with Gasteiger partial charge in [-0.25, -0.2) is 0 Å². The van der Waals surface area contributed by atoms with Crippen molar-refractivity contribution < 1.29 is 14.6 Å². The van der Waals surface area contributed by atoms with Crippen LogP contribution >= 0.6 is 0 Å². The summed E-state index contributed by atoms with van der Waals surface area (Å²) >= 11 is 0. The third-order valence-electron chi connectivity index (χ3n) is 2.56. The highest BCUT2D eigenvalue weighted by Gasteiger charge is 2.28. The highest BCUT2D eigenvalue weighted by Crippen LogP contribution is 2.11. The van der Waals surface area contributed by atoms with Crippen molar-refractivity contribution in [3.05, 3.63) is 0 Å². The SMILES string of the molecule is CCNCC(=O)N1CC(CO)OCC1C. The van der Waals surface area contributed by atoms with Gasteiger partial charge in [0.15, 0.2) is 0 Å². The Hall–Kier alpha value is -0.650. The van der Waals surface area contributed by atoms with E-state index in [2.05, 4.69) is 5.32 Å². The first-order chi connectivity index (χ1) is 7.19. The molecule has 0 aromatic rings. The van der Waals surface area contributed by atoms with Crippen molar-refractivity contribution >= 4 is 5.91 Å². The van der Waals surface area contributed by atoms with Gasteiger partial charge in [0, 0.05) is 6.54 Å². The third-order valence-corrected chi connectivity index (χ3v) is 2.56. The maximum atomic E-state index is 11.8. The predicted molar refractivity (Wildman–Crippen MR) is 56.5 cm³/mol. The van der Waals surface area contributed by atoms with E-state index in [0.29, 0.717) is 19.7 Å². The molecule has 0 spiro atoms. The van der Waals surface area contributed by atoms with E-state index in [9.17, 15) is 4.79 Å². The van der Waals surface area contributed by atoms with Crippen LogP contribution in [0, 0.1) is 0 Å². The summed E-state index contributed by atoms with van der Waals surface area (Å²) in [7, 11) is 0. The summed E-state index contributed by atoms with van der Waals surface area (Å²) < 4.78 is 5.36. The fourth-order valence-corrected chi connectivity index (χ4v) is 1.61. The van der Waals surface area contributed by atoms with Gasteiger partial charge in [0.2, 0.25) is 5.91 Å². The summed E-state index contributed by atoms with van der Waals surface area (Å²) in [6.07, 6.45) is -0.230. The molecule has 1 heterocycles. The number of hydrogen-bond acceptors (Lipinski definition) is 4. The van der Waals surface area contributed by atoms with Crippen molar-refractivity contribution in [1.29, 1.82) is 0 Å². The van der Waals surface area contributed by atoms with Gasteiger partial charge in [-0.1, -0.05) is 6.92 Å². The van der Waals surface area contributed by atoms with Gasteiger partial charge in [-0.15, -0.1) is 0 Å². The van der Waals surface area contributed by atoms with E-state index in [0.717, 1.165) is 6.54 Å². The maximum absolute atomic E-state index is 11.8. The molecule has 2 unspecified atom stereocenters. The topological polar surface area (TPSA) is 61.8 Å². The smallest absolute Gasteiger partial charge is 0.236 e. The Balaban J connectivity index is 2.46. The van der Waals surface area contributed by atoms with Gasteiger partial charge >= 0.3 is 0 Å². The van der Waals surface area contributed by atoms with E-state index in [-0.39, 0.29) is 24.7 Å². The lowest BCUT2D eigenvalue weighted by Crippen LogP contribution is -2.54. The summed E-state index contributed by atoms with van der Waals surface area (Å²) in [5.41, 5.74) is 0. The van der Waals surface area contributed by atoms with E-state index < -0.39 is 0 Å².